The number of ether oxygens (including phenoxy) is 1. The summed E-state index contributed by atoms with van der Waals surface area (Å²) in [7, 11) is 0. The van der Waals surface area contributed by atoms with Gasteiger partial charge in [-0.2, -0.15) is 0 Å². The molecule has 0 unspecified atom stereocenters. The van der Waals surface area contributed by atoms with Gasteiger partial charge in [-0.25, -0.2) is 9.79 Å². The van der Waals surface area contributed by atoms with Crippen molar-refractivity contribution in [1.29, 1.82) is 0 Å². The number of para-hydroxylation sites is 1. The third-order valence-corrected chi connectivity index (χ3v) is 5.81. The number of carbonyl (C=O) groups is 1. The van der Waals surface area contributed by atoms with Crippen molar-refractivity contribution in [3.63, 3.8) is 0 Å². The van der Waals surface area contributed by atoms with Crippen molar-refractivity contribution in [2.75, 3.05) is 0 Å². The highest BCUT2D eigenvalue weighted by Crippen LogP contribution is 2.37. The zero-order valence-corrected chi connectivity index (χ0v) is 16.6. The quantitative estimate of drug-likeness (QED) is 0.121. The number of nitro benzene ring substituents is 1. The van der Waals surface area contributed by atoms with Crippen LogP contribution in [0.3, 0.4) is 0 Å². The van der Waals surface area contributed by atoms with Crippen molar-refractivity contribution in [3.8, 4) is 0 Å². The van der Waals surface area contributed by atoms with Gasteiger partial charge in [0.25, 0.3) is 5.69 Å². The number of cyclic esters (lactones) is 1. The Morgan fingerprint density at radius 3 is 2.28 bits per heavy atom. The summed E-state index contributed by atoms with van der Waals surface area (Å²) >= 11 is 0. The summed E-state index contributed by atoms with van der Waals surface area (Å²) in [5, 5.41) is 18.1. The molecular weight excluding hydrogens is 404 g/mol. The number of esters is 1. The average molecular weight is 418 g/mol. The van der Waals surface area contributed by atoms with Crippen LogP contribution in [-0.2, 0) is 9.53 Å². The van der Waals surface area contributed by atoms with Gasteiger partial charge < -0.3 is 4.74 Å². The van der Waals surface area contributed by atoms with Crippen LogP contribution in [0, 0.1) is 10.1 Å². The fourth-order valence-electron chi connectivity index (χ4n) is 4.37. The van der Waals surface area contributed by atoms with Gasteiger partial charge in [0, 0.05) is 6.07 Å². The molecule has 1 aliphatic heterocycles. The van der Waals surface area contributed by atoms with Crippen molar-refractivity contribution in [2.45, 2.75) is 0 Å². The zero-order chi connectivity index (χ0) is 21.8. The molecule has 32 heavy (non-hydrogen) atoms. The molecular formula is C26H14N2O4. The third-order valence-electron chi connectivity index (χ3n) is 5.81. The minimum atomic E-state index is -0.635. The Morgan fingerprint density at radius 1 is 0.812 bits per heavy atom. The van der Waals surface area contributed by atoms with Crippen molar-refractivity contribution in [1.82, 2.24) is 0 Å². The molecule has 6 rings (SSSR count). The summed E-state index contributed by atoms with van der Waals surface area (Å²) in [6, 6.07) is 24.6. The normalized spacial score (nSPS) is 15.1. The molecule has 0 saturated heterocycles. The number of rotatable bonds is 3. The van der Waals surface area contributed by atoms with E-state index in [2.05, 4.69) is 35.3 Å². The van der Waals surface area contributed by atoms with E-state index in [4.69, 9.17) is 4.74 Å². The van der Waals surface area contributed by atoms with Gasteiger partial charge in [-0.1, -0.05) is 66.7 Å². The molecule has 0 bridgehead atoms. The van der Waals surface area contributed by atoms with E-state index in [-0.39, 0.29) is 22.8 Å². The number of nitrogens with zero attached hydrogens (tertiary/aromatic N) is 2. The van der Waals surface area contributed by atoms with Gasteiger partial charge in [0.15, 0.2) is 5.70 Å². The Kier molecular flexibility index (Phi) is 3.82. The Morgan fingerprint density at radius 2 is 1.50 bits per heavy atom. The molecule has 1 heterocycles. The molecule has 152 valence electrons. The van der Waals surface area contributed by atoms with Crippen LogP contribution in [0.5, 0.6) is 0 Å². The largest absolute Gasteiger partial charge is 0.402 e. The lowest BCUT2D eigenvalue weighted by molar-refractivity contribution is -0.385. The first-order chi connectivity index (χ1) is 15.6. The first-order valence-electron chi connectivity index (χ1n) is 10.0. The monoisotopic (exact) mass is 418 g/mol. The van der Waals surface area contributed by atoms with Crippen LogP contribution in [-0.4, -0.2) is 16.8 Å². The van der Waals surface area contributed by atoms with Gasteiger partial charge in [-0.15, -0.1) is 0 Å². The van der Waals surface area contributed by atoms with Gasteiger partial charge in [0.05, 0.1) is 4.92 Å². The summed E-state index contributed by atoms with van der Waals surface area (Å²) in [5.41, 5.74) is 0.941. The van der Waals surface area contributed by atoms with E-state index >= 15 is 0 Å². The summed E-state index contributed by atoms with van der Waals surface area (Å²) < 4.78 is 5.29. The van der Waals surface area contributed by atoms with Crippen LogP contribution in [0.1, 0.15) is 11.1 Å². The number of aliphatic imine (C=N–C) groups is 1. The summed E-state index contributed by atoms with van der Waals surface area (Å²) in [5.74, 6) is -0.699. The maximum Gasteiger partial charge on any atom is 0.363 e. The number of carbonyl (C=O) groups excluding carboxylic acids is 1. The summed E-state index contributed by atoms with van der Waals surface area (Å²) in [4.78, 5) is 27.6. The highest BCUT2D eigenvalue weighted by molar-refractivity contribution is 6.24. The second kappa shape index (κ2) is 6.72. The average Bonchev–Trinajstić information content (AvgIpc) is 3.18. The molecule has 6 heteroatoms. The van der Waals surface area contributed by atoms with Crippen molar-refractivity contribution < 1.29 is 14.5 Å². The molecule has 0 amide bonds. The Hall–Kier alpha value is -4.58. The van der Waals surface area contributed by atoms with E-state index in [1.165, 1.54) is 17.5 Å². The van der Waals surface area contributed by atoms with Crippen LogP contribution in [0.25, 0.3) is 38.4 Å². The van der Waals surface area contributed by atoms with Crippen LogP contribution in [0.4, 0.5) is 5.69 Å². The Bertz CT molecular complexity index is 1630. The molecule has 0 aromatic heterocycles. The molecule has 6 nitrogen and oxygen atoms in total. The molecule has 0 radical (unpaired) electrons. The first-order valence-corrected chi connectivity index (χ1v) is 10.0. The van der Waals surface area contributed by atoms with E-state index in [1.807, 2.05) is 24.3 Å². The molecule has 0 saturated carbocycles. The standard InChI is InChI=1S/C26H14N2O4/c29-26-21(27-25(32-26)20-6-1-2-7-22(20)28(30)31)14-18-11-10-17-9-8-15-4-3-5-16-12-13-19(18)24(17)23(15)16/h1-14H. The van der Waals surface area contributed by atoms with E-state index in [0.29, 0.717) is 0 Å². The van der Waals surface area contributed by atoms with Crippen molar-refractivity contribution >= 4 is 55.9 Å². The number of hydrogen-bond acceptors (Lipinski definition) is 5. The molecule has 5 aromatic carbocycles. The Balaban J connectivity index is 1.53. The molecule has 1 aliphatic rings. The van der Waals surface area contributed by atoms with Crippen LogP contribution < -0.4 is 0 Å². The van der Waals surface area contributed by atoms with E-state index in [9.17, 15) is 14.9 Å². The highest BCUT2D eigenvalue weighted by Gasteiger charge is 2.29. The summed E-state index contributed by atoms with van der Waals surface area (Å²) in [6.07, 6.45) is 1.68. The zero-order valence-electron chi connectivity index (χ0n) is 16.6. The van der Waals surface area contributed by atoms with Crippen LogP contribution in [0.15, 0.2) is 89.6 Å². The Labute approximate surface area is 181 Å². The number of benzene rings is 5. The molecule has 0 spiro atoms. The smallest absolute Gasteiger partial charge is 0.363 e. The minimum Gasteiger partial charge on any atom is -0.402 e. The molecule has 5 aromatic rings. The molecule has 0 aliphatic carbocycles. The van der Waals surface area contributed by atoms with Crippen molar-refractivity contribution in [3.05, 3.63) is 106 Å². The lowest BCUT2D eigenvalue weighted by Crippen LogP contribution is -2.07. The predicted molar refractivity (Wildman–Crippen MR) is 124 cm³/mol. The maximum atomic E-state index is 12.5. The summed E-state index contributed by atoms with van der Waals surface area (Å²) in [6.45, 7) is 0. The predicted octanol–water partition coefficient (Wildman–Crippen LogP) is 5.84. The fourth-order valence-corrected chi connectivity index (χ4v) is 4.37. The van der Waals surface area contributed by atoms with E-state index in [1.54, 1.807) is 18.2 Å². The molecule has 0 N–H and O–H groups in total. The lowest BCUT2D eigenvalue weighted by atomic mass is 9.92. The van der Waals surface area contributed by atoms with Crippen molar-refractivity contribution in [2.24, 2.45) is 4.99 Å². The third kappa shape index (κ3) is 2.66. The fraction of sp³-hybridized carbons (Fsp3) is 0. The molecule has 0 atom stereocenters. The van der Waals surface area contributed by atoms with Gasteiger partial charge in [-0.3, -0.25) is 10.1 Å². The highest BCUT2D eigenvalue weighted by atomic mass is 16.6. The van der Waals surface area contributed by atoms with E-state index in [0.717, 1.165) is 32.5 Å². The second-order valence-electron chi connectivity index (χ2n) is 7.62. The minimum absolute atomic E-state index is 0.0636. The van der Waals surface area contributed by atoms with Crippen LogP contribution >= 0.6 is 0 Å². The van der Waals surface area contributed by atoms with Crippen LogP contribution in [0.2, 0.25) is 0 Å². The maximum absolute atomic E-state index is 12.5. The topological polar surface area (TPSA) is 81.8 Å². The van der Waals surface area contributed by atoms with Gasteiger partial charge in [0.1, 0.15) is 5.56 Å². The lowest BCUT2D eigenvalue weighted by Gasteiger charge is -2.12. The number of hydrogen-bond donors (Lipinski definition) is 0. The van der Waals surface area contributed by atoms with E-state index < -0.39 is 10.9 Å². The van der Waals surface area contributed by atoms with Gasteiger partial charge >= 0.3 is 5.97 Å². The SMILES string of the molecule is O=C1OC(c2ccccc2[N+](=O)[O-])=NC1=Cc1ccc2ccc3cccc4ccc1c2c34. The first kappa shape index (κ1) is 18.2. The number of nitro groups is 1. The second-order valence-corrected chi connectivity index (χ2v) is 7.62. The van der Waals surface area contributed by atoms with Gasteiger partial charge in [-0.05, 0) is 50.0 Å². The molecule has 0 fully saturated rings. The van der Waals surface area contributed by atoms with Gasteiger partial charge in [0.2, 0.25) is 5.90 Å².